The lowest BCUT2D eigenvalue weighted by atomic mass is 10.0. The molecule has 0 saturated heterocycles. The molecule has 3 rings (SSSR count). The van der Waals surface area contributed by atoms with Gasteiger partial charge in [0.1, 0.15) is 23.9 Å². The van der Waals surface area contributed by atoms with E-state index in [1.807, 2.05) is 30.5 Å². The lowest BCUT2D eigenvalue weighted by Crippen LogP contribution is -2.58. The molecule has 4 amide bonds. The maximum Gasteiger partial charge on any atom is 0.326 e. The smallest absolute Gasteiger partial charge is 0.326 e. The molecule has 0 saturated carbocycles. The number of primary amides is 1. The number of H-pyrrole nitrogens is 1. The van der Waals surface area contributed by atoms with Crippen molar-refractivity contribution in [1.82, 2.24) is 20.9 Å². The van der Waals surface area contributed by atoms with Gasteiger partial charge >= 0.3 is 5.97 Å². The van der Waals surface area contributed by atoms with Crippen molar-refractivity contribution >= 4 is 52.3 Å². The average molecular weight is 613 g/mol. The third-order valence-corrected chi connectivity index (χ3v) is 7.37. The molecule has 14 heteroatoms. The number of para-hydroxylation sites is 1. The van der Waals surface area contributed by atoms with Crippen molar-refractivity contribution < 1.29 is 34.2 Å². The topological polar surface area (TPSA) is 230 Å². The minimum Gasteiger partial charge on any atom is -0.508 e. The molecule has 0 bridgehead atoms. The van der Waals surface area contributed by atoms with E-state index in [4.69, 9.17) is 11.5 Å². The molecule has 3 aromatic rings. The maximum atomic E-state index is 13.4. The SMILES string of the molecule is CSCCC(NC(=O)C(Cc1c[nH]c2ccccc12)NC(=O)C(CC(N)=O)NC(=O)C(N)Cc1ccc(O)cc1)C(=O)O. The number of thioether (sulfide) groups is 1. The Morgan fingerprint density at radius 3 is 2.16 bits per heavy atom. The molecule has 0 fully saturated rings. The fraction of sp³-hybridized carbons (Fsp3) is 0.345. The Morgan fingerprint density at radius 1 is 0.884 bits per heavy atom. The van der Waals surface area contributed by atoms with Crippen LogP contribution in [0.5, 0.6) is 5.75 Å². The Bertz CT molecular complexity index is 1440. The van der Waals surface area contributed by atoms with Gasteiger partial charge in [-0.15, -0.1) is 0 Å². The van der Waals surface area contributed by atoms with Gasteiger partial charge in [-0.3, -0.25) is 19.2 Å². The van der Waals surface area contributed by atoms with Crippen molar-refractivity contribution in [2.24, 2.45) is 11.5 Å². The van der Waals surface area contributed by atoms with Crippen molar-refractivity contribution in [2.45, 2.75) is 49.9 Å². The van der Waals surface area contributed by atoms with E-state index >= 15 is 0 Å². The fourth-order valence-electron chi connectivity index (χ4n) is 4.44. The predicted octanol–water partition coefficient (Wildman–Crippen LogP) is 0.154. The number of aliphatic carboxylic acids is 1. The highest BCUT2D eigenvalue weighted by Gasteiger charge is 2.31. The first-order valence-corrected chi connectivity index (χ1v) is 14.9. The summed E-state index contributed by atoms with van der Waals surface area (Å²) in [7, 11) is 0. The average Bonchev–Trinajstić information content (AvgIpc) is 3.37. The van der Waals surface area contributed by atoms with Gasteiger partial charge in [0.15, 0.2) is 0 Å². The number of hydrogen-bond acceptors (Lipinski definition) is 8. The van der Waals surface area contributed by atoms with Crippen LogP contribution in [0.15, 0.2) is 54.7 Å². The maximum absolute atomic E-state index is 13.4. The summed E-state index contributed by atoms with van der Waals surface area (Å²) in [4.78, 5) is 66.4. The number of aromatic nitrogens is 1. The number of phenols is 1. The second-order valence-corrected chi connectivity index (χ2v) is 11.0. The first-order chi connectivity index (χ1) is 20.5. The molecule has 13 nitrogen and oxygen atoms in total. The standard InChI is InChI=1S/C29H36N6O7S/c1-43-11-10-22(29(41)42)33-27(39)23(13-17-15-32-21-5-3-2-4-19(17)21)35-28(40)24(14-25(31)37)34-26(38)20(30)12-16-6-8-18(36)9-7-16/h2-9,15,20,22-24,32,36H,10-14,30H2,1H3,(H2,31,37)(H,33,39)(H,34,38)(H,35,40)(H,41,42). The zero-order chi connectivity index (χ0) is 31.5. The molecular formula is C29H36N6O7S. The Morgan fingerprint density at radius 2 is 1.51 bits per heavy atom. The van der Waals surface area contributed by atoms with Crippen molar-refractivity contribution in [2.75, 3.05) is 12.0 Å². The number of carbonyl (C=O) groups is 5. The monoisotopic (exact) mass is 612 g/mol. The van der Waals surface area contributed by atoms with Crippen LogP contribution in [0.2, 0.25) is 0 Å². The number of benzene rings is 2. The quantitative estimate of drug-likeness (QED) is 0.110. The third kappa shape index (κ3) is 9.75. The van der Waals surface area contributed by atoms with Gasteiger partial charge in [0.25, 0.3) is 0 Å². The third-order valence-electron chi connectivity index (χ3n) is 6.72. The van der Waals surface area contributed by atoms with Crippen LogP contribution in [0.25, 0.3) is 10.9 Å². The molecule has 4 atom stereocenters. The summed E-state index contributed by atoms with van der Waals surface area (Å²) in [6, 6.07) is 8.38. The van der Waals surface area contributed by atoms with Crippen LogP contribution in [0, 0.1) is 0 Å². The Labute approximate surface area is 252 Å². The van der Waals surface area contributed by atoms with Crippen molar-refractivity contribution in [3.05, 3.63) is 65.9 Å². The number of carboxylic acid groups (broad SMARTS) is 1. The molecule has 0 aliphatic carbocycles. The van der Waals surface area contributed by atoms with Gasteiger partial charge in [-0.1, -0.05) is 30.3 Å². The van der Waals surface area contributed by atoms with Crippen LogP contribution >= 0.6 is 11.8 Å². The summed E-state index contributed by atoms with van der Waals surface area (Å²) in [5, 5.41) is 27.4. The van der Waals surface area contributed by atoms with Crippen LogP contribution in [0.3, 0.4) is 0 Å². The highest BCUT2D eigenvalue weighted by atomic mass is 32.2. The number of aromatic hydroxyl groups is 1. The van der Waals surface area contributed by atoms with E-state index in [9.17, 15) is 34.2 Å². The number of hydrogen-bond donors (Lipinski definition) is 8. The minimum absolute atomic E-state index is 0.0198. The molecule has 230 valence electrons. The number of aromatic amines is 1. The normalized spacial score (nSPS) is 13.8. The van der Waals surface area contributed by atoms with Gasteiger partial charge < -0.3 is 42.6 Å². The predicted molar refractivity (Wildman–Crippen MR) is 162 cm³/mol. The fourth-order valence-corrected chi connectivity index (χ4v) is 4.91. The molecule has 4 unspecified atom stereocenters. The van der Waals surface area contributed by atoms with Gasteiger partial charge in [-0.2, -0.15) is 11.8 Å². The molecule has 2 aromatic carbocycles. The van der Waals surface area contributed by atoms with E-state index < -0.39 is 60.2 Å². The molecule has 0 aliphatic heterocycles. The Balaban J connectivity index is 1.81. The highest BCUT2D eigenvalue weighted by Crippen LogP contribution is 2.19. The van der Waals surface area contributed by atoms with Gasteiger partial charge in [-0.25, -0.2) is 4.79 Å². The van der Waals surface area contributed by atoms with E-state index in [0.717, 1.165) is 10.9 Å². The number of fused-ring (bicyclic) bond motifs is 1. The molecule has 10 N–H and O–H groups in total. The van der Waals surface area contributed by atoms with Gasteiger partial charge in [0.2, 0.25) is 23.6 Å². The Kier molecular flexibility index (Phi) is 12.0. The molecule has 1 aromatic heterocycles. The number of phenolic OH excluding ortho intramolecular Hbond substituents is 1. The molecular weight excluding hydrogens is 576 g/mol. The van der Waals surface area contributed by atoms with Crippen LogP contribution in [0.1, 0.15) is 24.0 Å². The van der Waals surface area contributed by atoms with Gasteiger partial charge in [0, 0.05) is 23.5 Å². The minimum atomic E-state index is -1.46. The summed E-state index contributed by atoms with van der Waals surface area (Å²) < 4.78 is 0. The number of nitrogens with one attached hydrogen (secondary N) is 4. The molecule has 0 spiro atoms. The van der Waals surface area contributed by atoms with Crippen LogP contribution < -0.4 is 27.4 Å². The van der Waals surface area contributed by atoms with Crippen LogP contribution in [-0.2, 0) is 36.8 Å². The Hall–Kier alpha value is -4.56. The molecule has 0 aliphatic rings. The van der Waals surface area contributed by atoms with E-state index in [1.54, 1.807) is 18.3 Å². The zero-order valence-electron chi connectivity index (χ0n) is 23.5. The van der Waals surface area contributed by atoms with Gasteiger partial charge in [0.05, 0.1) is 12.5 Å². The number of carboxylic acids is 1. The summed E-state index contributed by atoms with van der Waals surface area (Å²) in [6.45, 7) is 0. The van der Waals surface area contributed by atoms with Crippen molar-refractivity contribution in [3.63, 3.8) is 0 Å². The highest BCUT2D eigenvalue weighted by molar-refractivity contribution is 7.98. The molecule has 43 heavy (non-hydrogen) atoms. The van der Waals surface area contributed by atoms with Crippen molar-refractivity contribution in [3.8, 4) is 5.75 Å². The number of amides is 4. The van der Waals surface area contributed by atoms with E-state index in [2.05, 4.69) is 20.9 Å². The van der Waals surface area contributed by atoms with Gasteiger partial charge in [-0.05, 0) is 54.2 Å². The number of nitrogens with two attached hydrogens (primary N) is 2. The lowest BCUT2D eigenvalue weighted by molar-refractivity contribution is -0.142. The number of carbonyl (C=O) groups excluding carboxylic acids is 4. The summed E-state index contributed by atoms with van der Waals surface area (Å²) in [5.41, 5.74) is 13.5. The first-order valence-electron chi connectivity index (χ1n) is 13.5. The number of rotatable bonds is 16. The second kappa shape index (κ2) is 15.6. The van der Waals surface area contributed by atoms with Crippen LogP contribution in [0.4, 0.5) is 0 Å². The zero-order valence-corrected chi connectivity index (χ0v) is 24.4. The molecule has 0 radical (unpaired) electrons. The lowest BCUT2D eigenvalue weighted by Gasteiger charge is -2.25. The van der Waals surface area contributed by atoms with Crippen LogP contribution in [-0.4, -0.2) is 81.0 Å². The summed E-state index contributed by atoms with van der Waals surface area (Å²) >= 11 is 1.42. The second-order valence-electron chi connectivity index (χ2n) is 10.0. The van der Waals surface area contributed by atoms with E-state index in [1.165, 1.54) is 23.9 Å². The molecule has 1 heterocycles. The largest absolute Gasteiger partial charge is 0.508 e. The van der Waals surface area contributed by atoms with E-state index in [0.29, 0.717) is 16.9 Å². The first kappa shape index (κ1) is 32.9. The summed E-state index contributed by atoms with van der Waals surface area (Å²) in [5.74, 6) is -3.94. The summed E-state index contributed by atoms with van der Waals surface area (Å²) in [6.07, 6.45) is 3.14. The van der Waals surface area contributed by atoms with Crippen molar-refractivity contribution in [1.29, 1.82) is 0 Å². The van der Waals surface area contributed by atoms with E-state index in [-0.39, 0.29) is 25.0 Å².